The smallest absolute Gasteiger partial charge is 0.303 e. The largest absolute Gasteiger partial charge is 0.481 e. The van der Waals surface area contributed by atoms with Crippen molar-refractivity contribution in [3.63, 3.8) is 0 Å². The molecule has 0 aliphatic carbocycles. The highest BCUT2D eigenvalue weighted by Gasteiger charge is 2.31. The van der Waals surface area contributed by atoms with Gasteiger partial charge in [-0.2, -0.15) is 5.10 Å². The molecule has 0 bridgehead atoms. The number of carboxylic acid groups (broad SMARTS) is 1. The molecular formula is C12H19N3O2. The average Bonchev–Trinajstić information content (AvgIpc) is 2.60. The van der Waals surface area contributed by atoms with Crippen LogP contribution in [-0.2, 0) is 11.2 Å². The Morgan fingerprint density at radius 1 is 1.59 bits per heavy atom. The van der Waals surface area contributed by atoms with E-state index < -0.39 is 5.97 Å². The molecule has 1 aromatic heterocycles. The zero-order chi connectivity index (χ0) is 12.4. The van der Waals surface area contributed by atoms with E-state index in [9.17, 15) is 4.79 Å². The molecule has 1 aliphatic rings. The summed E-state index contributed by atoms with van der Waals surface area (Å²) >= 11 is 0. The fraction of sp³-hybridized carbons (Fsp3) is 0.667. The van der Waals surface area contributed by atoms with Crippen molar-refractivity contribution in [2.24, 2.45) is 0 Å². The number of likely N-dealkylation sites (tertiary alicyclic amines) is 1. The first-order valence-corrected chi connectivity index (χ1v) is 6.06. The van der Waals surface area contributed by atoms with E-state index in [0.29, 0.717) is 18.5 Å². The Kier molecular flexibility index (Phi) is 3.47. The molecule has 0 unspecified atom stereocenters. The van der Waals surface area contributed by atoms with Gasteiger partial charge in [0, 0.05) is 31.0 Å². The van der Waals surface area contributed by atoms with Gasteiger partial charge in [-0.25, -0.2) is 0 Å². The molecule has 5 nitrogen and oxygen atoms in total. The molecule has 1 N–H and O–H groups in total. The number of carbonyl (C=O) groups is 1. The topological polar surface area (TPSA) is 58.4 Å². The Bertz CT molecular complexity index is 394. The lowest BCUT2D eigenvalue weighted by Gasteiger charge is -2.42. The predicted octanol–water partition coefficient (Wildman–Crippen LogP) is 1.17. The van der Waals surface area contributed by atoms with Crippen molar-refractivity contribution in [2.75, 3.05) is 13.1 Å². The number of aliphatic carboxylic acids is 1. The van der Waals surface area contributed by atoms with Crippen molar-refractivity contribution >= 4 is 5.97 Å². The summed E-state index contributed by atoms with van der Waals surface area (Å²) in [7, 11) is 0. The van der Waals surface area contributed by atoms with Crippen LogP contribution in [0.1, 0.15) is 32.0 Å². The Morgan fingerprint density at radius 3 is 2.88 bits per heavy atom. The minimum absolute atomic E-state index is 0.173. The van der Waals surface area contributed by atoms with Crippen LogP contribution in [0.3, 0.4) is 0 Å². The molecule has 1 saturated heterocycles. The van der Waals surface area contributed by atoms with Gasteiger partial charge in [-0.1, -0.05) is 0 Å². The van der Waals surface area contributed by atoms with Gasteiger partial charge in [-0.15, -0.1) is 0 Å². The summed E-state index contributed by atoms with van der Waals surface area (Å²) in [5.74, 6) is -0.754. The second-order valence-electron chi connectivity index (χ2n) is 4.86. The molecule has 1 aromatic rings. The van der Waals surface area contributed by atoms with Crippen molar-refractivity contribution in [3.05, 3.63) is 18.0 Å². The maximum atomic E-state index is 10.6. The zero-order valence-corrected chi connectivity index (χ0v) is 10.3. The molecule has 0 radical (unpaired) electrons. The summed E-state index contributed by atoms with van der Waals surface area (Å²) in [5.41, 5.74) is 1.03. The second-order valence-corrected chi connectivity index (χ2v) is 4.86. The van der Waals surface area contributed by atoms with Crippen molar-refractivity contribution in [1.29, 1.82) is 0 Å². The van der Waals surface area contributed by atoms with E-state index in [1.165, 1.54) is 0 Å². The fourth-order valence-electron chi connectivity index (χ4n) is 2.17. The van der Waals surface area contributed by atoms with Crippen LogP contribution in [-0.4, -0.2) is 44.9 Å². The van der Waals surface area contributed by atoms with Crippen LogP contribution in [0, 0.1) is 0 Å². The highest BCUT2D eigenvalue weighted by Crippen LogP contribution is 2.24. The van der Waals surface area contributed by atoms with Gasteiger partial charge >= 0.3 is 5.97 Å². The van der Waals surface area contributed by atoms with Gasteiger partial charge < -0.3 is 5.11 Å². The number of rotatable bonds is 5. The third-order valence-electron chi connectivity index (χ3n) is 3.31. The van der Waals surface area contributed by atoms with Gasteiger partial charge in [0.15, 0.2) is 0 Å². The van der Waals surface area contributed by atoms with E-state index in [0.717, 1.165) is 18.8 Å². The van der Waals surface area contributed by atoms with Crippen LogP contribution in [0.15, 0.2) is 12.3 Å². The van der Waals surface area contributed by atoms with Crippen molar-refractivity contribution in [3.8, 4) is 0 Å². The third-order valence-corrected chi connectivity index (χ3v) is 3.31. The molecule has 0 atom stereocenters. The SMILES string of the molecule is CC(C)N1CC(n2nccc2CCC(=O)O)C1. The predicted molar refractivity (Wildman–Crippen MR) is 63.9 cm³/mol. The number of aromatic nitrogens is 2. The lowest BCUT2D eigenvalue weighted by molar-refractivity contribution is -0.137. The summed E-state index contributed by atoms with van der Waals surface area (Å²) in [6.07, 6.45) is 2.50. The molecule has 0 spiro atoms. The van der Waals surface area contributed by atoms with Crippen molar-refractivity contribution < 1.29 is 9.90 Å². The highest BCUT2D eigenvalue weighted by molar-refractivity contribution is 5.66. The lowest BCUT2D eigenvalue weighted by atomic mass is 10.1. The van der Waals surface area contributed by atoms with E-state index >= 15 is 0 Å². The Hall–Kier alpha value is -1.36. The van der Waals surface area contributed by atoms with Gasteiger partial charge in [0.25, 0.3) is 0 Å². The van der Waals surface area contributed by atoms with E-state index in [4.69, 9.17) is 5.11 Å². The molecule has 1 fully saturated rings. The molecule has 94 valence electrons. The number of aryl methyl sites for hydroxylation is 1. The maximum absolute atomic E-state index is 10.6. The van der Waals surface area contributed by atoms with E-state index in [2.05, 4.69) is 23.8 Å². The molecule has 0 aromatic carbocycles. The lowest BCUT2D eigenvalue weighted by Crippen LogP contribution is -2.51. The first-order chi connectivity index (χ1) is 8.08. The second kappa shape index (κ2) is 4.87. The van der Waals surface area contributed by atoms with Gasteiger partial charge in [0.05, 0.1) is 12.5 Å². The number of hydrogen-bond donors (Lipinski definition) is 1. The highest BCUT2D eigenvalue weighted by atomic mass is 16.4. The van der Waals surface area contributed by atoms with E-state index in [1.807, 2.05) is 10.7 Å². The maximum Gasteiger partial charge on any atom is 0.303 e. The Balaban J connectivity index is 1.94. The number of carboxylic acids is 1. The third kappa shape index (κ3) is 2.66. The summed E-state index contributed by atoms with van der Waals surface area (Å²) in [4.78, 5) is 12.9. The van der Waals surface area contributed by atoms with Crippen LogP contribution >= 0.6 is 0 Å². The molecule has 2 heterocycles. The molecule has 5 heteroatoms. The quantitative estimate of drug-likeness (QED) is 0.835. The summed E-state index contributed by atoms with van der Waals surface area (Å²) in [5, 5.41) is 13.0. The number of nitrogens with zero attached hydrogens (tertiary/aromatic N) is 3. The van der Waals surface area contributed by atoms with Crippen LogP contribution < -0.4 is 0 Å². The zero-order valence-electron chi connectivity index (χ0n) is 10.3. The van der Waals surface area contributed by atoms with E-state index in [1.54, 1.807) is 6.20 Å². The van der Waals surface area contributed by atoms with Crippen LogP contribution in [0.4, 0.5) is 0 Å². The van der Waals surface area contributed by atoms with Crippen molar-refractivity contribution in [2.45, 2.75) is 38.8 Å². The van der Waals surface area contributed by atoms with Crippen LogP contribution in [0.25, 0.3) is 0 Å². The minimum Gasteiger partial charge on any atom is -0.481 e. The summed E-state index contributed by atoms with van der Waals surface area (Å²) in [6, 6.07) is 2.90. The standard InChI is InChI=1S/C12H19N3O2/c1-9(2)14-7-11(8-14)15-10(5-6-13-15)3-4-12(16)17/h5-6,9,11H,3-4,7-8H2,1-2H3,(H,16,17). The first kappa shape index (κ1) is 12.1. The summed E-state index contributed by atoms with van der Waals surface area (Å²) < 4.78 is 1.99. The van der Waals surface area contributed by atoms with Gasteiger partial charge in [0.1, 0.15) is 0 Å². The Morgan fingerprint density at radius 2 is 2.29 bits per heavy atom. The molecule has 17 heavy (non-hydrogen) atoms. The molecule has 2 rings (SSSR count). The minimum atomic E-state index is -0.754. The molecular weight excluding hydrogens is 218 g/mol. The molecule has 0 saturated carbocycles. The van der Waals surface area contributed by atoms with Crippen LogP contribution in [0.2, 0.25) is 0 Å². The molecule has 0 amide bonds. The van der Waals surface area contributed by atoms with Gasteiger partial charge in [-0.3, -0.25) is 14.4 Å². The Labute approximate surface area is 101 Å². The first-order valence-electron chi connectivity index (χ1n) is 6.06. The summed E-state index contributed by atoms with van der Waals surface area (Å²) in [6.45, 7) is 6.40. The van der Waals surface area contributed by atoms with E-state index in [-0.39, 0.29) is 6.42 Å². The monoisotopic (exact) mass is 237 g/mol. The van der Waals surface area contributed by atoms with Crippen molar-refractivity contribution in [1.82, 2.24) is 14.7 Å². The molecule has 1 aliphatic heterocycles. The van der Waals surface area contributed by atoms with Gasteiger partial charge in [-0.05, 0) is 26.3 Å². The number of hydrogen-bond acceptors (Lipinski definition) is 3. The average molecular weight is 237 g/mol. The normalized spacial score (nSPS) is 17.4. The fourth-order valence-corrected chi connectivity index (χ4v) is 2.17. The van der Waals surface area contributed by atoms with Gasteiger partial charge in [0.2, 0.25) is 0 Å². The van der Waals surface area contributed by atoms with Crippen LogP contribution in [0.5, 0.6) is 0 Å².